The van der Waals surface area contributed by atoms with E-state index < -0.39 is 0 Å². The molecular formula is C8H14O2. The second-order valence-electron chi connectivity index (χ2n) is 2.00. The van der Waals surface area contributed by atoms with Crippen molar-refractivity contribution < 1.29 is 9.53 Å². The summed E-state index contributed by atoms with van der Waals surface area (Å²) in [5.41, 5.74) is 0. The van der Waals surface area contributed by atoms with E-state index in [1.54, 1.807) is 6.08 Å². The number of carbonyl (C=O) groups excluding carboxylic acids is 1. The Bertz CT molecular complexity index is 108. The summed E-state index contributed by atoms with van der Waals surface area (Å²) >= 11 is 0. The van der Waals surface area contributed by atoms with Gasteiger partial charge in [-0.1, -0.05) is 6.08 Å². The molecule has 58 valence electrons. The third-order valence-corrected chi connectivity index (χ3v) is 1.09. The van der Waals surface area contributed by atoms with Crippen molar-refractivity contribution in [1.29, 1.82) is 0 Å². The van der Waals surface area contributed by atoms with Gasteiger partial charge < -0.3 is 4.74 Å². The van der Waals surface area contributed by atoms with Crippen molar-refractivity contribution in [3.63, 3.8) is 0 Å². The molecule has 0 aliphatic rings. The summed E-state index contributed by atoms with van der Waals surface area (Å²) in [6.45, 7) is 6.26. The Morgan fingerprint density at radius 1 is 1.70 bits per heavy atom. The molecule has 0 aliphatic heterocycles. The summed E-state index contributed by atoms with van der Waals surface area (Å²) in [6.07, 6.45) is 3.05. The van der Waals surface area contributed by atoms with Crippen LogP contribution >= 0.6 is 0 Å². The van der Waals surface area contributed by atoms with Gasteiger partial charge >= 0.3 is 0 Å². The third-order valence-electron chi connectivity index (χ3n) is 1.09. The van der Waals surface area contributed by atoms with Crippen molar-refractivity contribution in [3.8, 4) is 0 Å². The van der Waals surface area contributed by atoms with Crippen molar-refractivity contribution in [2.24, 2.45) is 0 Å². The molecule has 0 saturated carbocycles. The first-order valence-electron chi connectivity index (χ1n) is 3.51. The molecule has 0 N–H and O–H groups in total. The van der Waals surface area contributed by atoms with E-state index in [1.807, 2.05) is 6.92 Å². The molecule has 0 saturated heterocycles. The molecule has 0 bridgehead atoms. The number of ketones is 1. The van der Waals surface area contributed by atoms with Gasteiger partial charge in [0.25, 0.3) is 0 Å². The fraction of sp³-hybridized carbons (Fsp3) is 0.625. The Labute approximate surface area is 61.9 Å². The van der Waals surface area contributed by atoms with Crippen molar-refractivity contribution in [2.45, 2.75) is 19.8 Å². The number of ether oxygens (including phenoxy) is 1. The molecule has 0 aromatic heterocycles. The minimum Gasteiger partial charge on any atom is -0.374 e. The van der Waals surface area contributed by atoms with Crippen LogP contribution in [0, 0.1) is 0 Å². The van der Waals surface area contributed by atoms with Gasteiger partial charge in [0.15, 0.2) is 5.78 Å². The van der Waals surface area contributed by atoms with Gasteiger partial charge in [0.1, 0.15) is 6.61 Å². The lowest BCUT2D eigenvalue weighted by Crippen LogP contribution is -2.07. The van der Waals surface area contributed by atoms with Crippen LogP contribution in [0.2, 0.25) is 0 Å². The molecule has 0 amide bonds. The molecule has 10 heavy (non-hydrogen) atoms. The maximum absolute atomic E-state index is 10.8. The number of rotatable bonds is 6. The maximum Gasteiger partial charge on any atom is 0.158 e. The zero-order valence-corrected chi connectivity index (χ0v) is 6.43. The minimum atomic E-state index is 0.154. The Morgan fingerprint density at radius 2 is 2.40 bits per heavy atom. The second kappa shape index (κ2) is 6.49. The highest BCUT2D eigenvalue weighted by Gasteiger charge is 1.97. The first kappa shape index (κ1) is 9.37. The fourth-order valence-corrected chi connectivity index (χ4v) is 0.551. The van der Waals surface area contributed by atoms with E-state index in [2.05, 4.69) is 6.58 Å². The van der Waals surface area contributed by atoms with Crippen LogP contribution in [0.1, 0.15) is 19.8 Å². The maximum atomic E-state index is 10.8. The van der Waals surface area contributed by atoms with E-state index >= 15 is 0 Å². The van der Waals surface area contributed by atoms with Crippen LogP contribution in [0.15, 0.2) is 12.7 Å². The highest BCUT2D eigenvalue weighted by molar-refractivity contribution is 5.79. The van der Waals surface area contributed by atoms with Gasteiger partial charge in [0.05, 0.1) is 0 Å². The summed E-state index contributed by atoms with van der Waals surface area (Å²) in [6, 6.07) is 0. The van der Waals surface area contributed by atoms with Crippen LogP contribution in [-0.4, -0.2) is 19.0 Å². The zero-order valence-electron chi connectivity index (χ0n) is 6.43. The van der Waals surface area contributed by atoms with Crippen molar-refractivity contribution in [1.82, 2.24) is 0 Å². The van der Waals surface area contributed by atoms with Gasteiger partial charge in [-0.15, -0.1) is 6.58 Å². The average Bonchev–Trinajstić information content (AvgIpc) is 1.97. The molecule has 0 rings (SSSR count). The topological polar surface area (TPSA) is 26.3 Å². The van der Waals surface area contributed by atoms with Gasteiger partial charge in [0.2, 0.25) is 0 Å². The number of hydrogen-bond acceptors (Lipinski definition) is 2. The molecule has 2 nitrogen and oxygen atoms in total. The monoisotopic (exact) mass is 142 g/mol. The lowest BCUT2D eigenvalue weighted by Gasteiger charge is -1.97. The molecule has 0 spiro atoms. The second-order valence-corrected chi connectivity index (χ2v) is 2.00. The van der Waals surface area contributed by atoms with Gasteiger partial charge in [-0.25, -0.2) is 0 Å². The highest BCUT2D eigenvalue weighted by Crippen LogP contribution is 1.91. The summed E-state index contributed by atoms with van der Waals surface area (Å²) in [7, 11) is 0. The Kier molecular flexibility index (Phi) is 6.08. The van der Waals surface area contributed by atoms with Crippen molar-refractivity contribution in [2.75, 3.05) is 13.2 Å². The fourth-order valence-electron chi connectivity index (χ4n) is 0.551. The molecule has 0 aliphatic carbocycles. The van der Waals surface area contributed by atoms with E-state index in [0.717, 1.165) is 6.42 Å². The quantitative estimate of drug-likeness (QED) is 0.526. The van der Waals surface area contributed by atoms with Crippen molar-refractivity contribution in [3.05, 3.63) is 12.7 Å². The lowest BCUT2D eigenvalue weighted by atomic mass is 10.2. The van der Waals surface area contributed by atoms with Crippen LogP contribution in [0.4, 0.5) is 0 Å². The number of hydrogen-bond donors (Lipinski definition) is 0. The molecule has 0 unspecified atom stereocenters. The van der Waals surface area contributed by atoms with E-state index in [9.17, 15) is 4.79 Å². The Morgan fingerprint density at radius 3 is 2.90 bits per heavy atom. The standard InChI is InChI=1S/C8H14O2/c1-3-5-6-8(9)7-10-4-2/h3H,1,4-7H2,2H3. The number of Topliss-reactive ketones (excluding diaryl/α,β-unsaturated/α-hetero) is 1. The average molecular weight is 142 g/mol. The molecule has 0 atom stereocenters. The smallest absolute Gasteiger partial charge is 0.158 e. The predicted molar refractivity (Wildman–Crippen MR) is 40.9 cm³/mol. The molecular weight excluding hydrogens is 128 g/mol. The summed E-state index contributed by atoms with van der Waals surface area (Å²) in [5, 5.41) is 0. The minimum absolute atomic E-state index is 0.154. The van der Waals surface area contributed by atoms with Crippen molar-refractivity contribution >= 4 is 5.78 Å². The zero-order chi connectivity index (χ0) is 7.82. The first-order chi connectivity index (χ1) is 4.81. The first-order valence-corrected chi connectivity index (χ1v) is 3.51. The van der Waals surface area contributed by atoms with Gasteiger partial charge in [-0.2, -0.15) is 0 Å². The Hall–Kier alpha value is -0.630. The van der Waals surface area contributed by atoms with Crippen LogP contribution in [0.25, 0.3) is 0 Å². The van der Waals surface area contributed by atoms with Crippen LogP contribution < -0.4 is 0 Å². The largest absolute Gasteiger partial charge is 0.374 e. The summed E-state index contributed by atoms with van der Waals surface area (Å²) in [5.74, 6) is 0.154. The molecule has 0 aromatic carbocycles. The van der Waals surface area contributed by atoms with E-state index in [0.29, 0.717) is 13.0 Å². The van der Waals surface area contributed by atoms with Crippen LogP contribution in [0.3, 0.4) is 0 Å². The predicted octanol–water partition coefficient (Wildman–Crippen LogP) is 1.56. The Balaban J connectivity index is 3.16. The van der Waals surface area contributed by atoms with Crippen LogP contribution in [0.5, 0.6) is 0 Å². The molecule has 0 fully saturated rings. The van der Waals surface area contributed by atoms with Gasteiger partial charge in [0, 0.05) is 13.0 Å². The van der Waals surface area contributed by atoms with Crippen LogP contribution in [-0.2, 0) is 9.53 Å². The lowest BCUT2D eigenvalue weighted by molar-refractivity contribution is -0.123. The van der Waals surface area contributed by atoms with E-state index in [4.69, 9.17) is 4.74 Å². The molecule has 2 heteroatoms. The van der Waals surface area contributed by atoms with Gasteiger partial charge in [-0.3, -0.25) is 4.79 Å². The number of allylic oxidation sites excluding steroid dienone is 1. The molecule has 0 heterocycles. The number of carbonyl (C=O) groups is 1. The normalized spacial score (nSPS) is 9.30. The molecule has 0 aromatic rings. The van der Waals surface area contributed by atoms with Gasteiger partial charge in [-0.05, 0) is 13.3 Å². The highest BCUT2D eigenvalue weighted by atomic mass is 16.5. The molecule has 0 radical (unpaired) electrons. The van der Waals surface area contributed by atoms with E-state index in [1.165, 1.54) is 0 Å². The summed E-state index contributed by atoms with van der Waals surface area (Å²) in [4.78, 5) is 10.8. The summed E-state index contributed by atoms with van der Waals surface area (Å²) < 4.78 is 4.91. The van der Waals surface area contributed by atoms with E-state index in [-0.39, 0.29) is 12.4 Å². The SMILES string of the molecule is C=CCCC(=O)COCC. The third kappa shape index (κ3) is 5.51.